The molecule has 0 aromatic carbocycles. The first-order valence-electron chi connectivity index (χ1n) is 8.08. The zero-order valence-corrected chi connectivity index (χ0v) is 13.2. The lowest BCUT2D eigenvalue weighted by Crippen LogP contribution is -2.31. The highest BCUT2D eigenvalue weighted by Gasteiger charge is 2.13. The van der Waals surface area contributed by atoms with Crippen molar-refractivity contribution in [1.82, 2.24) is 4.90 Å². The molecular formula is C16H30NO3. The van der Waals surface area contributed by atoms with Crippen molar-refractivity contribution in [3.05, 3.63) is 0 Å². The molecule has 2 amide bonds. The average Bonchev–Trinajstić information content (AvgIpc) is 2.45. The zero-order valence-electron chi connectivity index (χ0n) is 13.2. The maximum Gasteiger partial charge on any atom is 0.416 e. The Morgan fingerprint density at radius 1 is 0.900 bits per heavy atom. The van der Waals surface area contributed by atoms with Crippen LogP contribution in [0.25, 0.3) is 0 Å². The van der Waals surface area contributed by atoms with E-state index >= 15 is 0 Å². The number of carbonyl (C=O) groups is 1. The molecule has 0 fully saturated rings. The van der Waals surface area contributed by atoms with Crippen LogP contribution in [0, 0.1) is 0 Å². The van der Waals surface area contributed by atoms with Gasteiger partial charge in [0.2, 0.25) is 0 Å². The number of carbonyl (C=O) groups excluding carboxylic acids is 2. The van der Waals surface area contributed by atoms with Gasteiger partial charge in [-0.15, -0.1) is 0 Å². The molecule has 0 spiro atoms. The molecule has 117 valence electrons. The van der Waals surface area contributed by atoms with E-state index in [9.17, 15) is 9.59 Å². The van der Waals surface area contributed by atoms with Gasteiger partial charge < -0.3 is 4.74 Å². The Bertz CT molecular complexity index is 244. The van der Waals surface area contributed by atoms with E-state index in [2.05, 4.69) is 6.92 Å². The van der Waals surface area contributed by atoms with E-state index in [-0.39, 0.29) is 6.61 Å². The van der Waals surface area contributed by atoms with Crippen LogP contribution in [0.4, 0.5) is 4.79 Å². The molecule has 0 aliphatic heterocycles. The minimum absolute atomic E-state index is 0.287. The monoisotopic (exact) mass is 284 g/mol. The molecule has 0 aromatic rings. The molecule has 0 unspecified atom stereocenters. The lowest BCUT2D eigenvalue weighted by atomic mass is 10.1. The van der Waals surface area contributed by atoms with Gasteiger partial charge in [0.15, 0.2) is 0 Å². The van der Waals surface area contributed by atoms with Gasteiger partial charge in [-0.2, -0.15) is 0 Å². The Labute approximate surface area is 123 Å². The Morgan fingerprint density at radius 3 is 1.85 bits per heavy atom. The van der Waals surface area contributed by atoms with Crippen LogP contribution >= 0.6 is 0 Å². The fourth-order valence-corrected chi connectivity index (χ4v) is 2.13. The number of imide groups is 1. The van der Waals surface area contributed by atoms with Crippen molar-refractivity contribution in [2.24, 2.45) is 0 Å². The lowest BCUT2D eigenvalue weighted by Gasteiger charge is -2.13. The van der Waals surface area contributed by atoms with Crippen molar-refractivity contribution in [3.8, 4) is 0 Å². The normalized spacial score (nSPS) is 10.3. The molecule has 4 nitrogen and oxygen atoms in total. The number of hydrogen-bond acceptors (Lipinski definition) is 3. The van der Waals surface area contributed by atoms with Gasteiger partial charge in [0.1, 0.15) is 0 Å². The van der Waals surface area contributed by atoms with Crippen LogP contribution in [0.5, 0.6) is 0 Å². The van der Waals surface area contributed by atoms with Gasteiger partial charge in [-0.3, -0.25) is 4.79 Å². The molecule has 0 N–H and O–H groups in total. The molecule has 0 bridgehead atoms. The van der Waals surface area contributed by atoms with Gasteiger partial charge in [0, 0.05) is 6.54 Å². The summed E-state index contributed by atoms with van der Waals surface area (Å²) in [6.07, 6.45) is 13.3. The van der Waals surface area contributed by atoms with Gasteiger partial charge in [-0.05, 0) is 13.3 Å². The van der Waals surface area contributed by atoms with Crippen LogP contribution in [-0.2, 0) is 9.53 Å². The minimum Gasteiger partial charge on any atom is -0.449 e. The predicted molar refractivity (Wildman–Crippen MR) is 81.3 cm³/mol. The zero-order chi connectivity index (χ0) is 15.1. The second kappa shape index (κ2) is 14.4. The second-order valence-electron chi connectivity index (χ2n) is 5.12. The lowest BCUT2D eigenvalue weighted by molar-refractivity contribution is 0.126. The number of rotatable bonds is 13. The van der Waals surface area contributed by atoms with Crippen LogP contribution in [0.15, 0.2) is 0 Å². The van der Waals surface area contributed by atoms with Crippen molar-refractivity contribution in [2.75, 3.05) is 13.2 Å². The van der Waals surface area contributed by atoms with Crippen LogP contribution in [0.3, 0.4) is 0 Å². The highest BCUT2D eigenvalue weighted by molar-refractivity contribution is 5.80. The van der Waals surface area contributed by atoms with Crippen molar-refractivity contribution in [3.63, 3.8) is 0 Å². The summed E-state index contributed by atoms with van der Waals surface area (Å²) in [4.78, 5) is 22.9. The van der Waals surface area contributed by atoms with Gasteiger partial charge in [0.25, 0.3) is 0 Å². The second-order valence-corrected chi connectivity index (χ2v) is 5.12. The first-order chi connectivity index (χ1) is 9.76. The Hall–Kier alpha value is -1.06. The number of unbranched alkanes of at least 4 members (excludes halogenated alkanes) is 9. The van der Waals surface area contributed by atoms with E-state index in [1.807, 2.05) is 0 Å². The molecule has 0 aliphatic rings. The summed E-state index contributed by atoms with van der Waals surface area (Å²) in [5, 5.41) is 0. The summed E-state index contributed by atoms with van der Waals surface area (Å²) in [6, 6.07) is 0. The topological polar surface area (TPSA) is 46.6 Å². The molecule has 1 radical (unpaired) electrons. The van der Waals surface area contributed by atoms with Crippen LogP contribution in [0.1, 0.15) is 78.1 Å². The summed E-state index contributed by atoms with van der Waals surface area (Å²) in [6.45, 7) is 4.66. The molecule has 0 saturated heterocycles. The van der Waals surface area contributed by atoms with Crippen LogP contribution < -0.4 is 0 Å². The largest absolute Gasteiger partial charge is 0.449 e. The smallest absolute Gasteiger partial charge is 0.416 e. The predicted octanol–water partition coefficient (Wildman–Crippen LogP) is 4.43. The number of amides is 2. The summed E-state index contributed by atoms with van der Waals surface area (Å²) in [7, 11) is 0. The highest BCUT2D eigenvalue weighted by atomic mass is 16.6. The molecular weight excluding hydrogens is 254 g/mol. The van der Waals surface area contributed by atoms with Gasteiger partial charge in [0.05, 0.1) is 6.61 Å². The average molecular weight is 284 g/mol. The Balaban J connectivity index is 3.37. The minimum atomic E-state index is -0.585. The number of nitrogens with zero attached hydrogens (tertiary/aromatic N) is 1. The molecule has 0 aromatic heterocycles. The maximum atomic E-state index is 11.3. The van der Waals surface area contributed by atoms with Gasteiger partial charge >= 0.3 is 12.5 Å². The summed E-state index contributed by atoms with van der Waals surface area (Å²) in [5.74, 6) is 0. The Morgan fingerprint density at radius 2 is 1.40 bits per heavy atom. The Kier molecular flexibility index (Phi) is 13.6. The molecule has 0 rings (SSSR count). The SMILES string of the molecule is CCCCCCCCCCCCN([C]=O)C(=O)OCC. The molecule has 0 aliphatic carbocycles. The van der Waals surface area contributed by atoms with E-state index in [1.54, 1.807) is 13.3 Å². The quantitative estimate of drug-likeness (QED) is 0.371. The summed E-state index contributed by atoms with van der Waals surface area (Å²) < 4.78 is 4.76. The third-order valence-electron chi connectivity index (χ3n) is 3.33. The third-order valence-corrected chi connectivity index (χ3v) is 3.33. The van der Waals surface area contributed by atoms with E-state index in [4.69, 9.17) is 4.74 Å². The molecule has 20 heavy (non-hydrogen) atoms. The summed E-state index contributed by atoms with van der Waals surface area (Å²) in [5.41, 5.74) is 0. The van der Waals surface area contributed by atoms with E-state index in [0.717, 1.165) is 17.7 Å². The van der Waals surface area contributed by atoms with Crippen LogP contribution in [-0.4, -0.2) is 30.6 Å². The molecule has 4 heteroatoms. The van der Waals surface area contributed by atoms with Crippen molar-refractivity contribution >= 4 is 12.5 Å². The fraction of sp³-hybridized carbons (Fsp3) is 0.875. The van der Waals surface area contributed by atoms with E-state index < -0.39 is 6.09 Å². The molecule has 0 saturated carbocycles. The highest BCUT2D eigenvalue weighted by Crippen LogP contribution is 2.10. The third kappa shape index (κ3) is 10.8. The van der Waals surface area contributed by atoms with Gasteiger partial charge in [-0.25, -0.2) is 9.69 Å². The number of hydrogen-bond donors (Lipinski definition) is 0. The molecule has 0 atom stereocenters. The van der Waals surface area contributed by atoms with Crippen molar-refractivity contribution in [1.29, 1.82) is 0 Å². The fourth-order valence-electron chi connectivity index (χ4n) is 2.13. The molecule has 0 heterocycles. The van der Waals surface area contributed by atoms with Crippen molar-refractivity contribution in [2.45, 2.75) is 78.1 Å². The van der Waals surface area contributed by atoms with E-state index in [1.165, 1.54) is 51.4 Å². The van der Waals surface area contributed by atoms with Crippen molar-refractivity contribution < 1.29 is 14.3 Å². The van der Waals surface area contributed by atoms with Crippen LogP contribution in [0.2, 0.25) is 0 Å². The summed E-state index contributed by atoms with van der Waals surface area (Å²) >= 11 is 0. The van der Waals surface area contributed by atoms with E-state index in [0.29, 0.717) is 6.54 Å². The first kappa shape index (κ1) is 18.9. The maximum absolute atomic E-state index is 11.3. The first-order valence-corrected chi connectivity index (χ1v) is 8.08. The van der Waals surface area contributed by atoms with Gasteiger partial charge in [-0.1, -0.05) is 64.7 Å². The standard InChI is InChI=1S/C16H30NO3/c1-3-5-6-7-8-9-10-11-12-13-14-17(15-18)16(19)20-4-2/h3-14H2,1-2H3. The number of ether oxygens (including phenoxy) is 1.